The number of hydrogen-bond donors (Lipinski definition) is 1. The quantitative estimate of drug-likeness (QED) is 0.803. The van der Waals surface area contributed by atoms with Crippen LogP contribution >= 0.6 is 15.9 Å². The van der Waals surface area contributed by atoms with Crippen molar-refractivity contribution in [3.05, 3.63) is 28.2 Å². The SMILES string of the molecule is CCCN(c1ccc(Br)cc1CNC(C)C)C1CC1. The molecule has 2 nitrogen and oxygen atoms in total. The monoisotopic (exact) mass is 324 g/mol. The zero-order valence-electron chi connectivity index (χ0n) is 12.2. The highest BCUT2D eigenvalue weighted by Gasteiger charge is 2.29. The molecule has 1 aromatic rings. The highest BCUT2D eigenvalue weighted by molar-refractivity contribution is 9.10. The third-order valence-corrected chi connectivity index (χ3v) is 4.00. The highest BCUT2D eigenvalue weighted by Crippen LogP contribution is 2.34. The van der Waals surface area contributed by atoms with Gasteiger partial charge in [-0.05, 0) is 43.0 Å². The van der Waals surface area contributed by atoms with Crippen LogP contribution in [-0.4, -0.2) is 18.6 Å². The van der Waals surface area contributed by atoms with Crippen LogP contribution in [0.15, 0.2) is 22.7 Å². The molecule has 0 bridgehead atoms. The first-order chi connectivity index (χ1) is 9.11. The number of hydrogen-bond acceptors (Lipinski definition) is 2. The summed E-state index contributed by atoms with van der Waals surface area (Å²) in [6.07, 6.45) is 3.92. The molecule has 0 radical (unpaired) electrons. The minimum absolute atomic E-state index is 0.521. The molecule has 1 aliphatic carbocycles. The second-order valence-corrected chi connectivity index (χ2v) is 6.65. The average Bonchev–Trinajstić information content (AvgIpc) is 3.18. The smallest absolute Gasteiger partial charge is 0.0415 e. The number of anilines is 1. The van der Waals surface area contributed by atoms with Crippen LogP contribution in [0.4, 0.5) is 5.69 Å². The van der Waals surface area contributed by atoms with Gasteiger partial charge in [-0.2, -0.15) is 0 Å². The van der Waals surface area contributed by atoms with Crippen molar-refractivity contribution < 1.29 is 0 Å². The van der Waals surface area contributed by atoms with E-state index in [0.29, 0.717) is 6.04 Å². The standard InChI is InChI=1S/C16H25BrN2/c1-4-9-19(15-6-7-15)16-8-5-14(17)10-13(16)11-18-12(2)3/h5,8,10,12,15,18H,4,6-7,9,11H2,1-3H3. The Morgan fingerprint density at radius 3 is 2.68 bits per heavy atom. The maximum Gasteiger partial charge on any atom is 0.0415 e. The number of nitrogens with zero attached hydrogens (tertiary/aromatic N) is 1. The fraction of sp³-hybridized carbons (Fsp3) is 0.625. The van der Waals surface area contributed by atoms with Crippen LogP contribution < -0.4 is 10.2 Å². The summed E-state index contributed by atoms with van der Waals surface area (Å²) in [5, 5.41) is 3.54. The van der Waals surface area contributed by atoms with Gasteiger partial charge in [-0.15, -0.1) is 0 Å². The molecule has 0 heterocycles. The van der Waals surface area contributed by atoms with E-state index in [2.05, 4.69) is 65.1 Å². The molecule has 1 aliphatic rings. The Kier molecular flexibility index (Phi) is 5.28. The maximum absolute atomic E-state index is 3.60. The van der Waals surface area contributed by atoms with E-state index >= 15 is 0 Å². The number of halogens is 1. The predicted octanol–water partition coefficient (Wildman–Crippen LogP) is 4.33. The van der Waals surface area contributed by atoms with Gasteiger partial charge in [-0.25, -0.2) is 0 Å². The zero-order valence-corrected chi connectivity index (χ0v) is 13.8. The van der Waals surface area contributed by atoms with E-state index in [9.17, 15) is 0 Å². The highest BCUT2D eigenvalue weighted by atomic mass is 79.9. The van der Waals surface area contributed by atoms with Gasteiger partial charge < -0.3 is 10.2 Å². The molecule has 2 rings (SSSR count). The number of nitrogens with one attached hydrogen (secondary N) is 1. The summed E-state index contributed by atoms with van der Waals surface area (Å²) >= 11 is 3.60. The molecule has 3 heteroatoms. The number of benzene rings is 1. The fourth-order valence-corrected chi connectivity index (χ4v) is 2.83. The molecule has 0 saturated heterocycles. The molecule has 0 aromatic heterocycles. The van der Waals surface area contributed by atoms with Crippen molar-refractivity contribution in [2.75, 3.05) is 11.4 Å². The van der Waals surface area contributed by atoms with E-state index < -0.39 is 0 Å². The largest absolute Gasteiger partial charge is 0.368 e. The second kappa shape index (κ2) is 6.76. The summed E-state index contributed by atoms with van der Waals surface area (Å²) in [7, 11) is 0. The molecule has 1 fully saturated rings. The summed E-state index contributed by atoms with van der Waals surface area (Å²) in [4.78, 5) is 2.60. The number of rotatable bonds is 7. The summed E-state index contributed by atoms with van der Waals surface area (Å²) in [6.45, 7) is 8.77. The van der Waals surface area contributed by atoms with Crippen molar-refractivity contribution in [3.8, 4) is 0 Å². The Morgan fingerprint density at radius 1 is 1.37 bits per heavy atom. The van der Waals surface area contributed by atoms with Gasteiger partial charge in [0, 0.05) is 35.3 Å². The molecular weight excluding hydrogens is 300 g/mol. The minimum atomic E-state index is 0.521. The van der Waals surface area contributed by atoms with Gasteiger partial charge in [0.25, 0.3) is 0 Å². The van der Waals surface area contributed by atoms with Crippen LogP contribution in [0, 0.1) is 0 Å². The van der Waals surface area contributed by atoms with Crippen LogP contribution in [0.1, 0.15) is 45.6 Å². The molecule has 1 saturated carbocycles. The molecule has 0 atom stereocenters. The lowest BCUT2D eigenvalue weighted by molar-refractivity contribution is 0.587. The molecule has 0 amide bonds. The van der Waals surface area contributed by atoms with Crippen molar-refractivity contribution in [1.82, 2.24) is 5.32 Å². The normalized spacial score (nSPS) is 15.0. The maximum atomic E-state index is 3.60. The van der Waals surface area contributed by atoms with E-state index in [1.807, 2.05) is 0 Å². The Balaban J connectivity index is 2.21. The van der Waals surface area contributed by atoms with Gasteiger partial charge in [0.2, 0.25) is 0 Å². The first kappa shape index (κ1) is 14.9. The molecule has 19 heavy (non-hydrogen) atoms. The van der Waals surface area contributed by atoms with Crippen molar-refractivity contribution in [1.29, 1.82) is 0 Å². The van der Waals surface area contributed by atoms with Crippen molar-refractivity contribution in [3.63, 3.8) is 0 Å². The van der Waals surface area contributed by atoms with Gasteiger partial charge in [0.1, 0.15) is 0 Å². The first-order valence-electron chi connectivity index (χ1n) is 7.40. The molecule has 0 spiro atoms. The summed E-state index contributed by atoms with van der Waals surface area (Å²) in [6, 6.07) is 8.00. The fourth-order valence-electron chi connectivity index (χ4n) is 2.42. The van der Waals surface area contributed by atoms with Crippen molar-refractivity contribution in [2.45, 2.75) is 58.7 Å². The van der Waals surface area contributed by atoms with E-state index in [4.69, 9.17) is 0 Å². The topological polar surface area (TPSA) is 15.3 Å². The summed E-state index contributed by atoms with van der Waals surface area (Å²) in [5.74, 6) is 0. The van der Waals surface area contributed by atoms with Gasteiger partial charge >= 0.3 is 0 Å². The lowest BCUT2D eigenvalue weighted by atomic mass is 10.1. The summed E-state index contributed by atoms with van der Waals surface area (Å²) < 4.78 is 1.17. The lowest BCUT2D eigenvalue weighted by Gasteiger charge is -2.27. The zero-order chi connectivity index (χ0) is 13.8. The van der Waals surface area contributed by atoms with Crippen LogP contribution in [0.2, 0.25) is 0 Å². The summed E-state index contributed by atoms with van der Waals surface area (Å²) in [5.41, 5.74) is 2.82. The Morgan fingerprint density at radius 2 is 2.11 bits per heavy atom. The van der Waals surface area contributed by atoms with Crippen LogP contribution in [0.25, 0.3) is 0 Å². The van der Waals surface area contributed by atoms with E-state index in [-0.39, 0.29) is 0 Å². The minimum Gasteiger partial charge on any atom is -0.368 e. The average molecular weight is 325 g/mol. The molecular formula is C16H25BrN2. The van der Waals surface area contributed by atoms with E-state index in [1.165, 1.54) is 41.5 Å². The predicted molar refractivity (Wildman–Crippen MR) is 86.8 cm³/mol. The van der Waals surface area contributed by atoms with Crippen LogP contribution in [-0.2, 0) is 6.54 Å². The first-order valence-corrected chi connectivity index (χ1v) is 8.19. The Bertz CT molecular complexity index is 413. The third-order valence-electron chi connectivity index (χ3n) is 3.50. The van der Waals surface area contributed by atoms with E-state index in [1.54, 1.807) is 0 Å². The molecule has 1 aromatic carbocycles. The van der Waals surface area contributed by atoms with Crippen LogP contribution in [0.3, 0.4) is 0 Å². The van der Waals surface area contributed by atoms with Gasteiger partial charge in [-0.1, -0.05) is 36.7 Å². The van der Waals surface area contributed by atoms with Gasteiger partial charge in [0.15, 0.2) is 0 Å². The lowest BCUT2D eigenvalue weighted by Crippen LogP contribution is -2.29. The molecule has 1 N–H and O–H groups in total. The van der Waals surface area contributed by atoms with E-state index in [0.717, 1.165) is 12.6 Å². The van der Waals surface area contributed by atoms with Crippen molar-refractivity contribution >= 4 is 21.6 Å². The van der Waals surface area contributed by atoms with Crippen molar-refractivity contribution in [2.24, 2.45) is 0 Å². The van der Waals surface area contributed by atoms with Crippen LogP contribution in [0.5, 0.6) is 0 Å². The molecule has 106 valence electrons. The third kappa shape index (κ3) is 4.22. The van der Waals surface area contributed by atoms with Gasteiger partial charge in [-0.3, -0.25) is 0 Å². The molecule has 0 aliphatic heterocycles. The second-order valence-electron chi connectivity index (χ2n) is 5.73. The Hall–Kier alpha value is -0.540. The van der Waals surface area contributed by atoms with Gasteiger partial charge in [0.05, 0.1) is 0 Å². The molecule has 0 unspecified atom stereocenters. The Labute approximate surface area is 125 Å².